The molecule has 1 spiro atoms. The molecule has 172 valence electrons. The number of carbonyl (C=O) groups is 1. The van der Waals surface area contributed by atoms with Crippen molar-refractivity contribution in [2.45, 2.75) is 57.2 Å². The number of nitrogens with zero attached hydrogens (tertiary/aromatic N) is 3. The zero-order chi connectivity index (χ0) is 21.8. The highest BCUT2D eigenvalue weighted by molar-refractivity contribution is 5.77. The molecule has 3 aliphatic rings. The minimum Gasteiger partial charge on any atom is -0.484 e. The van der Waals surface area contributed by atoms with Crippen molar-refractivity contribution in [3.8, 4) is 5.75 Å². The number of ether oxygens (including phenoxy) is 2. The van der Waals surface area contributed by atoms with Crippen LogP contribution in [-0.4, -0.2) is 90.8 Å². The maximum absolute atomic E-state index is 13.0. The summed E-state index contributed by atoms with van der Waals surface area (Å²) >= 11 is 0. The lowest BCUT2D eigenvalue weighted by atomic mass is 9.81. The van der Waals surface area contributed by atoms with Crippen LogP contribution in [0.1, 0.15) is 39.5 Å². The van der Waals surface area contributed by atoms with Crippen LogP contribution in [0, 0.1) is 5.82 Å². The van der Waals surface area contributed by atoms with Gasteiger partial charge in [-0.3, -0.25) is 14.6 Å². The van der Waals surface area contributed by atoms with Gasteiger partial charge in [-0.2, -0.15) is 0 Å². The molecule has 3 saturated heterocycles. The maximum Gasteiger partial charge on any atom is 0.260 e. The van der Waals surface area contributed by atoms with Crippen molar-refractivity contribution in [2.24, 2.45) is 0 Å². The molecule has 0 aliphatic carbocycles. The number of benzene rings is 1. The summed E-state index contributed by atoms with van der Waals surface area (Å²) in [4.78, 5) is 19.7. The van der Waals surface area contributed by atoms with Crippen molar-refractivity contribution in [3.63, 3.8) is 0 Å². The van der Waals surface area contributed by atoms with Gasteiger partial charge in [-0.25, -0.2) is 4.39 Å². The van der Waals surface area contributed by atoms with Crippen molar-refractivity contribution in [1.29, 1.82) is 0 Å². The molecule has 0 aromatic heterocycles. The number of piperazine rings is 1. The lowest BCUT2D eigenvalue weighted by Crippen LogP contribution is -2.58. The lowest BCUT2D eigenvalue weighted by molar-refractivity contribution is -0.151. The number of halogens is 1. The molecular weight excluding hydrogens is 397 g/mol. The summed E-state index contributed by atoms with van der Waals surface area (Å²) in [6.07, 6.45) is 3.95. The normalized spacial score (nSPS) is 25.2. The predicted octanol–water partition coefficient (Wildman–Crippen LogP) is 2.77. The van der Waals surface area contributed by atoms with E-state index in [-0.39, 0.29) is 23.9 Å². The third-order valence-electron chi connectivity index (χ3n) is 7.27. The summed E-state index contributed by atoms with van der Waals surface area (Å²) in [5.41, 5.74) is -0.0906. The molecule has 3 aliphatic heterocycles. The quantitative estimate of drug-likeness (QED) is 0.715. The molecule has 3 heterocycles. The fourth-order valence-electron chi connectivity index (χ4n) is 5.21. The van der Waals surface area contributed by atoms with Crippen molar-refractivity contribution in [1.82, 2.24) is 14.7 Å². The van der Waals surface area contributed by atoms with Gasteiger partial charge < -0.3 is 14.4 Å². The summed E-state index contributed by atoms with van der Waals surface area (Å²) in [6.45, 7) is 11.4. The van der Waals surface area contributed by atoms with Gasteiger partial charge in [0, 0.05) is 58.0 Å². The molecule has 4 rings (SSSR count). The average Bonchev–Trinajstić information content (AvgIpc) is 2.79. The second-order valence-electron chi connectivity index (χ2n) is 9.47. The van der Waals surface area contributed by atoms with Crippen LogP contribution in [0.2, 0.25) is 0 Å². The molecule has 31 heavy (non-hydrogen) atoms. The molecular formula is C24H36FN3O3. The smallest absolute Gasteiger partial charge is 0.260 e. The van der Waals surface area contributed by atoms with Crippen molar-refractivity contribution < 1.29 is 18.7 Å². The monoisotopic (exact) mass is 433 g/mol. The van der Waals surface area contributed by atoms with Crippen LogP contribution < -0.4 is 4.74 Å². The molecule has 0 unspecified atom stereocenters. The first kappa shape index (κ1) is 22.5. The van der Waals surface area contributed by atoms with Gasteiger partial charge in [0.05, 0.1) is 5.60 Å². The van der Waals surface area contributed by atoms with E-state index in [4.69, 9.17) is 9.47 Å². The van der Waals surface area contributed by atoms with E-state index in [2.05, 4.69) is 23.6 Å². The molecule has 0 radical (unpaired) electrons. The van der Waals surface area contributed by atoms with E-state index in [0.717, 1.165) is 58.5 Å². The standard InChI is InChI=1S/C24H36FN3O3/c1-19(2)26-12-14-27(15-13-26)21-7-16-31-24(17-21)8-10-28(11-9-24)23(29)18-30-22-5-3-20(25)4-6-22/h3-6,19,21H,7-18H2,1-2H3/t21-/m0/s1. The van der Waals surface area contributed by atoms with E-state index in [9.17, 15) is 9.18 Å². The van der Waals surface area contributed by atoms with Crippen LogP contribution in [0.5, 0.6) is 5.75 Å². The Balaban J connectivity index is 1.24. The Morgan fingerprint density at radius 3 is 2.45 bits per heavy atom. The number of carbonyl (C=O) groups excluding carboxylic acids is 1. The van der Waals surface area contributed by atoms with Gasteiger partial charge in [0.25, 0.3) is 5.91 Å². The lowest BCUT2D eigenvalue weighted by Gasteiger charge is -2.50. The first-order valence-corrected chi connectivity index (χ1v) is 11.7. The summed E-state index contributed by atoms with van der Waals surface area (Å²) in [6, 6.07) is 6.98. The highest BCUT2D eigenvalue weighted by Gasteiger charge is 2.43. The van der Waals surface area contributed by atoms with Crippen molar-refractivity contribution in [2.75, 3.05) is 52.5 Å². The number of rotatable bonds is 5. The average molecular weight is 434 g/mol. The Hall–Kier alpha value is -1.70. The van der Waals surface area contributed by atoms with Gasteiger partial charge in [-0.05, 0) is 63.8 Å². The fourth-order valence-corrected chi connectivity index (χ4v) is 5.21. The Kier molecular flexibility index (Phi) is 7.14. The topological polar surface area (TPSA) is 45.2 Å². The van der Waals surface area contributed by atoms with Crippen LogP contribution in [-0.2, 0) is 9.53 Å². The van der Waals surface area contributed by atoms with Crippen LogP contribution in [0.4, 0.5) is 4.39 Å². The third-order valence-corrected chi connectivity index (χ3v) is 7.27. The van der Waals surface area contributed by atoms with E-state index in [0.29, 0.717) is 30.9 Å². The summed E-state index contributed by atoms with van der Waals surface area (Å²) < 4.78 is 24.8. The molecule has 1 aromatic rings. The number of hydrogen-bond acceptors (Lipinski definition) is 5. The van der Waals surface area contributed by atoms with E-state index in [1.807, 2.05) is 4.90 Å². The first-order valence-electron chi connectivity index (χ1n) is 11.7. The molecule has 0 bridgehead atoms. The molecule has 0 saturated carbocycles. The number of amides is 1. The van der Waals surface area contributed by atoms with Gasteiger partial charge in [-0.1, -0.05) is 0 Å². The molecule has 1 aromatic carbocycles. The van der Waals surface area contributed by atoms with Gasteiger partial charge >= 0.3 is 0 Å². The summed E-state index contributed by atoms with van der Waals surface area (Å²) in [5.74, 6) is 0.184. The molecule has 0 N–H and O–H groups in total. The zero-order valence-corrected chi connectivity index (χ0v) is 18.9. The van der Waals surface area contributed by atoms with E-state index in [1.54, 1.807) is 12.1 Å². The minimum atomic E-state index is -0.312. The van der Waals surface area contributed by atoms with Crippen molar-refractivity contribution >= 4 is 5.91 Å². The Morgan fingerprint density at radius 2 is 1.81 bits per heavy atom. The molecule has 3 fully saturated rings. The van der Waals surface area contributed by atoms with Gasteiger partial charge in [0.1, 0.15) is 11.6 Å². The minimum absolute atomic E-state index is 0.0117. The fraction of sp³-hybridized carbons (Fsp3) is 0.708. The van der Waals surface area contributed by atoms with Crippen LogP contribution in [0.3, 0.4) is 0 Å². The first-order chi connectivity index (χ1) is 14.9. The van der Waals surface area contributed by atoms with Crippen LogP contribution in [0.15, 0.2) is 24.3 Å². The van der Waals surface area contributed by atoms with Gasteiger partial charge in [0.15, 0.2) is 6.61 Å². The van der Waals surface area contributed by atoms with Gasteiger partial charge in [-0.15, -0.1) is 0 Å². The number of hydrogen-bond donors (Lipinski definition) is 0. The summed E-state index contributed by atoms with van der Waals surface area (Å²) in [7, 11) is 0. The van der Waals surface area contributed by atoms with E-state index in [1.165, 1.54) is 12.1 Å². The maximum atomic E-state index is 13.0. The summed E-state index contributed by atoms with van der Waals surface area (Å²) in [5, 5.41) is 0. The SMILES string of the molecule is CC(C)N1CCN([C@H]2CCOC3(CCN(C(=O)COc4ccc(F)cc4)CC3)C2)CC1. The Bertz CT molecular complexity index is 726. The Morgan fingerprint density at radius 1 is 1.13 bits per heavy atom. The molecule has 7 heteroatoms. The van der Waals surface area contributed by atoms with E-state index < -0.39 is 0 Å². The van der Waals surface area contributed by atoms with Gasteiger partial charge in [0.2, 0.25) is 0 Å². The third kappa shape index (κ3) is 5.57. The zero-order valence-electron chi connectivity index (χ0n) is 18.9. The highest BCUT2D eigenvalue weighted by atomic mass is 19.1. The second-order valence-corrected chi connectivity index (χ2v) is 9.47. The Labute approximate surface area is 185 Å². The molecule has 1 amide bonds. The largest absolute Gasteiger partial charge is 0.484 e. The van der Waals surface area contributed by atoms with Crippen molar-refractivity contribution in [3.05, 3.63) is 30.1 Å². The van der Waals surface area contributed by atoms with Crippen LogP contribution >= 0.6 is 0 Å². The molecule has 6 nitrogen and oxygen atoms in total. The predicted molar refractivity (Wildman–Crippen MR) is 118 cm³/mol. The highest BCUT2D eigenvalue weighted by Crippen LogP contribution is 2.37. The number of piperidine rings is 1. The molecule has 1 atom stereocenters. The van der Waals surface area contributed by atoms with Crippen LogP contribution in [0.25, 0.3) is 0 Å². The second kappa shape index (κ2) is 9.84. The number of likely N-dealkylation sites (tertiary alicyclic amines) is 1. The van der Waals surface area contributed by atoms with E-state index >= 15 is 0 Å².